The number of nitrogens with zero attached hydrogens (tertiary/aromatic N) is 1. The van der Waals surface area contributed by atoms with Crippen molar-refractivity contribution in [1.29, 1.82) is 0 Å². The van der Waals surface area contributed by atoms with Crippen LogP contribution in [0.25, 0.3) is 0 Å². The quantitative estimate of drug-likeness (QED) is 0.269. The maximum atomic E-state index is 10.6. The molecule has 0 heterocycles. The molecule has 0 aliphatic rings. The smallest absolute Gasteiger partial charge is 0.325 e. The van der Waals surface area contributed by atoms with E-state index in [2.05, 4.69) is 27.7 Å². The largest absolute Gasteiger partial charge is 0.465 e. The fourth-order valence-corrected chi connectivity index (χ4v) is 0.528. The van der Waals surface area contributed by atoms with Crippen LogP contribution in [0, 0.1) is 0 Å². The van der Waals surface area contributed by atoms with Gasteiger partial charge in [-0.2, -0.15) is 12.6 Å². The maximum absolute atomic E-state index is 10.6. The average molecular weight is 176 g/mol. The van der Waals surface area contributed by atoms with E-state index in [1.807, 2.05) is 0 Å². The Morgan fingerprint density at radius 1 is 1.82 bits per heavy atom. The molecule has 1 N–H and O–H groups in total. The fourth-order valence-electron chi connectivity index (χ4n) is 0.446. The first-order chi connectivity index (χ1) is 5.31. The third-order valence-electron chi connectivity index (χ3n) is 0.816. The second-order valence-corrected chi connectivity index (χ2v) is 1.92. The summed E-state index contributed by atoms with van der Waals surface area (Å²) in [7, 11) is 0. The second kappa shape index (κ2) is 7.40. The number of hydrogen-bond donors (Lipinski definition) is 2. The van der Waals surface area contributed by atoms with Crippen LogP contribution in [-0.4, -0.2) is 31.3 Å². The number of ether oxygens (including phenoxy) is 1. The Hall–Kier alpha value is -0.710. The zero-order valence-electron chi connectivity index (χ0n) is 6.41. The van der Waals surface area contributed by atoms with Gasteiger partial charge in [0, 0.05) is 0 Å². The lowest BCUT2D eigenvalue weighted by Crippen LogP contribution is -2.23. The highest BCUT2D eigenvalue weighted by atomic mass is 32.1. The van der Waals surface area contributed by atoms with Crippen LogP contribution in [0.4, 0.5) is 0 Å². The van der Waals surface area contributed by atoms with Crippen molar-refractivity contribution in [3.63, 3.8) is 0 Å². The maximum Gasteiger partial charge on any atom is 0.325 e. The molecule has 0 aromatic rings. The summed E-state index contributed by atoms with van der Waals surface area (Å²) in [5, 5.41) is 2.66. The number of esters is 1. The van der Waals surface area contributed by atoms with Crippen molar-refractivity contribution >= 4 is 24.9 Å². The highest BCUT2D eigenvalue weighted by molar-refractivity contribution is 7.80. The van der Waals surface area contributed by atoms with E-state index >= 15 is 0 Å². The summed E-state index contributed by atoms with van der Waals surface area (Å²) < 4.78 is 4.64. The average Bonchev–Trinajstić information content (AvgIpc) is 1.99. The van der Waals surface area contributed by atoms with Gasteiger partial charge < -0.3 is 10.1 Å². The zero-order chi connectivity index (χ0) is 8.53. The van der Waals surface area contributed by atoms with Gasteiger partial charge in [0.05, 0.1) is 18.8 Å². The lowest BCUT2D eigenvalue weighted by atomic mass is 10.6. The Morgan fingerprint density at radius 2 is 2.55 bits per heavy atom. The number of aliphatic imine (C=N–C) groups is 1. The van der Waals surface area contributed by atoms with Gasteiger partial charge in [-0.1, -0.05) is 0 Å². The van der Waals surface area contributed by atoms with Gasteiger partial charge in [-0.15, -0.1) is 0 Å². The summed E-state index contributed by atoms with van der Waals surface area (Å²) in [5.41, 5.74) is 0. The Bertz CT molecular complexity index is 139. The summed E-state index contributed by atoms with van der Waals surface area (Å²) in [6, 6.07) is 0. The minimum atomic E-state index is -0.280. The number of hydrogen-bond acceptors (Lipinski definition) is 4. The molecule has 0 rings (SSSR count). The van der Waals surface area contributed by atoms with Crippen molar-refractivity contribution in [2.45, 2.75) is 6.92 Å². The standard InChI is InChI=1S/C6H12N2O2S/c1-2-10-6(9)3-7-4-8-5-11/h4,11H,2-3,5H2,1H3,(H,7,8). The van der Waals surface area contributed by atoms with Gasteiger partial charge in [-0.05, 0) is 6.92 Å². The van der Waals surface area contributed by atoms with Crippen molar-refractivity contribution in [2.24, 2.45) is 4.99 Å². The van der Waals surface area contributed by atoms with Gasteiger partial charge in [-0.3, -0.25) is 9.79 Å². The molecule has 0 amide bonds. The van der Waals surface area contributed by atoms with Crippen LogP contribution in [0.1, 0.15) is 6.92 Å². The van der Waals surface area contributed by atoms with E-state index in [0.717, 1.165) is 0 Å². The normalized spacial score (nSPS) is 10.0. The minimum Gasteiger partial charge on any atom is -0.465 e. The number of carbonyl (C=O) groups excluding carboxylic acids is 1. The molecular formula is C6H12N2O2S. The van der Waals surface area contributed by atoms with E-state index in [1.165, 1.54) is 6.34 Å². The van der Waals surface area contributed by atoms with Crippen molar-refractivity contribution in [3.8, 4) is 0 Å². The molecule has 0 atom stereocenters. The van der Waals surface area contributed by atoms with Gasteiger partial charge in [-0.25, -0.2) is 0 Å². The SMILES string of the molecule is CCOC(=O)CN/C=N\CS. The molecule has 11 heavy (non-hydrogen) atoms. The number of thiol groups is 1. The molecule has 0 saturated carbocycles. The van der Waals surface area contributed by atoms with E-state index in [-0.39, 0.29) is 12.5 Å². The van der Waals surface area contributed by atoms with E-state index in [9.17, 15) is 4.79 Å². The zero-order valence-corrected chi connectivity index (χ0v) is 7.30. The van der Waals surface area contributed by atoms with E-state index < -0.39 is 0 Å². The molecule has 0 spiro atoms. The van der Waals surface area contributed by atoms with Gasteiger partial charge in [0.15, 0.2) is 0 Å². The van der Waals surface area contributed by atoms with Crippen LogP contribution in [0.15, 0.2) is 4.99 Å². The minimum absolute atomic E-state index is 0.158. The van der Waals surface area contributed by atoms with E-state index in [0.29, 0.717) is 12.5 Å². The molecule has 64 valence electrons. The van der Waals surface area contributed by atoms with Crippen LogP contribution < -0.4 is 5.32 Å². The van der Waals surface area contributed by atoms with Gasteiger partial charge in [0.1, 0.15) is 6.54 Å². The molecule has 0 aliphatic carbocycles. The number of carbonyl (C=O) groups is 1. The molecule has 0 fully saturated rings. The molecule has 4 nitrogen and oxygen atoms in total. The van der Waals surface area contributed by atoms with Crippen LogP contribution in [0.5, 0.6) is 0 Å². The topological polar surface area (TPSA) is 50.7 Å². The van der Waals surface area contributed by atoms with Crippen molar-refractivity contribution in [3.05, 3.63) is 0 Å². The first-order valence-electron chi connectivity index (χ1n) is 3.29. The molecule has 0 bridgehead atoms. The Kier molecular flexibility index (Phi) is 6.92. The highest BCUT2D eigenvalue weighted by Crippen LogP contribution is 1.74. The molecule has 0 saturated heterocycles. The molecule has 0 unspecified atom stereocenters. The van der Waals surface area contributed by atoms with Crippen LogP contribution in [0.2, 0.25) is 0 Å². The van der Waals surface area contributed by atoms with Gasteiger partial charge in [0.2, 0.25) is 0 Å². The van der Waals surface area contributed by atoms with Crippen LogP contribution >= 0.6 is 12.6 Å². The third-order valence-corrected chi connectivity index (χ3v) is 0.979. The molecule has 0 aromatic carbocycles. The van der Waals surface area contributed by atoms with E-state index in [4.69, 9.17) is 0 Å². The first-order valence-corrected chi connectivity index (χ1v) is 3.92. The molecule has 0 aromatic heterocycles. The summed E-state index contributed by atoms with van der Waals surface area (Å²) in [5.74, 6) is 0.133. The molecular weight excluding hydrogens is 164 g/mol. The summed E-state index contributed by atoms with van der Waals surface area (Å²) in [6.07, 6.45) is 1.43. The van der Waals surface area contributed by atoms with Crippen molar-refractivity contribution in [1.82, 2.24) is 5.32 Å². The molecule has 0 aliphatic heterocycles. The fraction of sp³-hybridized carbons (Fsp3) is 0.667. The van der Waals surface area contributed by atoms with Gasteiger partial charge in [0.25, 0.3) is 0 Å². The summed E-state index contributed by atoms with van der Waals surface area (Å²) in [6.45, 7) is 2.33. The predicted octanol–water partition coefficient (Wildman–Crippen LogP) is 0.0547. The first kappa shape index (κ1) is 10.3. The van der Waals surface area contributed by atoms with Crippen molar-refractivity contribution < 1.29 is 9.53 Å². The number of rotatable bonds is 5. The molecule has 5 heteroatoms. The van der Waals surface area contributed by atoms with Gasteiger partial charge >= 0.3 is 5.97 Å². The lowest BCUT2D eigenvalue weighted by Gasteiger charge is -1.99. The summed E-state index contributed by atoms with van der Waals surface area (Å²) in [4.78, 5) is 14.4. The predicted molar refractivity (Wildman–Crippen MR) is 47.0 cm³/mol. The highest BCUT2D eigenvalue weighted by Gasteiger charge is 1.96. The monoisotopic (exact) mass is 176 g/mol. The van der Waals surface area contributed by atoms with Crippen LogP contribution in [0.3, 0.4) is 0 Å². The second-order valence-electron chi connectivity index (χ2n) is 1.64. The Labute approximate surface area is 71.4 Å². The molecule has 0 radical (unpaired) electrons. The number of nitrogens with one attached hydrogen (secondary N) is 1. The summed E-state index contributed by atoms with van der Waals surface area (Å²) >= 11 is 3.83. The third kappa shape index (κ3) is 7.18. The Morgan fingerprint density at radius 3 is 3.09 bits per heavy atom. The lowest BCUT2D eigenvalue weighted by molar-refractivity contribution is -0.141. The van der Waals surface area contributed by atoms with E-state index in [1.54, 1.807) is 6.92 Å². The van der Waals surface area contributed by atoms with Crippen molar-refractivity contribution in [2.75, 3.05) is 19.0 Å². The Balaban J connectivity index is 3.24. The van der Waals surface area contributed by atoms with Crippen LogP contribution in [-0.2, 0) is 9.53 Å².